The quantitative estimate of drug-likeness (QED) is 0.217. The SMILES string of the molecule is CCOC(=O)CC(O)[C@H](CC(C)C)NC(=O)[C@@H](NC(=O)[C@@H](NC(=O)OC(C)(C)C)[C@@H](C)OC(C)(C)C)C(C)CC. The van der Waals surface area contributed by atoms with Crippen LogP contribution in [0.5, 0.6) is 0 Å². The van der Waals surface area contributed by atoms with E-state index in [1.54, 1.807) is 34.6 Å². The topological polar surface area (TPSA) is 152 Å². The maximum atomic E-state index is 13.6. The number of esters is 1. The van der Waals surface area contributed by atoms with E-state index in [2.05, 4.69) is 16.0 Å². The molecule has 0 rings (SSSR count). The molecule has 0 aromatic carbocycles. The van der Waals surface area contributed by atoms with Gasteiger partial charge in [-0.05, 0) is 73.6 Å². The summed E-state index contributed by atoms with van der Waals surface area (Å²) in [5.41, 5.74) is -1.39. The van der Waals surface area contributed by atoms with Gasteiger partial charge in [-0.25, -0.2) is 4.79 Å². The molecule has 40 heavy (non-hydrogen) atoms. The minimum Gasteiger partial charge on any atom is -0.466 e. The third-order valence-corrected chi connectivity index (χ3v) is 5.96. The van der Waals surface area contributed by atoms with Crippen molar-refractivity contribution in [2.24, 2.45) is 11.8 Å². The Morgan fingerprint density at radius 2 is 1.35 bits per heavy atom. The summed E-state index contributed by atoms with van der Waals surface area (Å²) in [7, 11) is 0. The van der Waals surface area contributed by atoms with Crippen molar-refractivity contribution in [2.45, 2.75) is 144 Å². The molecule has 0 aliphatic carbocycles. The number of carbonyl (C=O) groups is 4. The van der Waals surface area contributed by atoms with Crippen LogP contribution in [0.4, 0.5) is 4.79 Å². The maximum Gasteiger partial charge on any atom is 0.408 e. The van der Waals surface area contributed by atoms with Crippen molar-refractivity contribution in [3.8, 4) is 0 Å². The molecule has 0 aromatic heterocycles. The summed E-state index contributed by atoms with van der Waals surface area (Å²) < 4.78 is 16.3. The molecule has 11 heteroatoms. The predicted molar refractivity (Wildman–Crippen MR) is 153 cm³/mol. The third kappa shape index (κ3) is 15.4. The molecule has 0 spiro atoms. The minimum absolute atomic E-state index is 0.108. The van der Waals surface area contributed by atoms with Gasteiger partial charge in [0.15, 0.2) is 0 Å². The first-order valence-electron chi connectivity index (χ1n) is 14.3. The van der Waals surface area contributed by atoms with Gasteiger partial charge >= 0.3 is 12.1 Å². The Kier molecular flexibility index (Phi) is 15.8. The smallest absolute Gasteiger partial charge is 0.408 e. The van der Waals surface area contributed by atoms with E-state index >= 15 is 0 Å². The number of alkyl carbamates (subject to hydrolysis) is 1. The molecule has 0 heterocycles. The lowest BCUT2D eigenvalue weighted by Gasteiger charge is -2.33. The lowest BCUT2D eigenvalue weighted by atomic mass is 9.94. The second kappa shape index (κ2) is 16.8. The van der Waals surface area contributed by atoms with Gasteiger partial charge in [0.1, 0.15) is 17.7 Å². The second-order valence-corrected chi connectivity index (χ2v) is 12.8. The van der Waals surface area contributed by atoms with Crippen molar-refractivity contribution in [3.63, 3.8) is 0 Å². The molecule has 3 amide bonds. The Hall–Kier alpha value is -2.40. The molecular weight excluding hydrogens is 518 g/mol. The monoisotopic (exact) mass is 573 g/mol. The Morgan fingerprint density at radius 3 is 1.80 bits per heavy atom. The summed E-state index contributed by atoms with van der Waals surface area (Å²) in [4.78, 5) is 51.7. The summed E-state index contributed by atoms with van der Waals surface area (Å²) in [6.45, 7) is 21.7. The highest BCUT2D eigenvalue weighted by Crippen LogP contribution is 2.17. The van der Waals surface area contributed by atoms with Crippen LogP contribution in [0.15, 0.2) is 0 Å². The summed E-state index contributed by atoms with van der Waals surface area (Å²) in [6, 6.07) is -2.87. The molecule has 0 aliphatic heterocycles. The van der Waals surface area contributed by atoms with Gasteiger partial charge in [-0.2, -0.15) is 0 Å². The van der Waals surface area contributed by atoms with E-state index in [1.807, 2.05) is 48.5 Å². The normalized spacial score (nSPS) is 16.6. The highest BCUT2D eigenvalue weighted by molar-refractivity contribution is 5.92. The molecule has 0 saturated carbocycles. The van der Waals surface area contributed by atoms with Crippen LogP contribution in [0.1, 0.15) is 102 Å². The number of hydrogen-bond donors (Lipinski definition) is 4. The van der Waals surface area contributed by atoms with Crippen molar-refractivity contribution in [3.05, 3.63) is 0 Å². The zero-order valence-corrected chi connectivity index (χ0v) is 26.7. The molecule has 4 N–H and O–H groups in total. The Balaban J connectivity index is 5.99. The van der Waals surface area contributed by atoms with Crippen LogP contribution in [0.3, 0.4) is 0 Å². The zero-order valence-electron chi connectivity index (χ0n) is 26.7. The van der Waals surface area contributed by atoms with Gasteiger partial charge in [0, 0.05) is 0 Å². The van der Waals surface area contributed by atoms with Gasteiger partial charge in [0.25, 0.3) is 0 Å². The van der Waals surface area contributed by atoms with Gasteiger partial charge in [-0.15, -0.1) is 0 Å². The number of amides is 3. The van der Waals surface area contributed by atoms with Gasteiger partial charge < -0.3 is 35.3 Å². The lowest BCUT2D eigenvalue weighted by Crippen LogP contribution is -2.61. The molecule has 6 atom stereocenters. The van der Waals surface area contributed by atoms with E-state index in [4.69, 9.17) is 14.2 Å². The average molecular weight is 574 g/mol. The standard InChI is InChI=1S/C29H55N3O8/c1-13-18(5)23(25(35)30-20(15-17(3)4)21(33)16-22(34)38-14-2)31-26(36)24(19(6)39-28(7,8)9)32-27(37)40-29(10,11)12/h17-21,23-24,33H,13-16H2,1-12H3,(H,30,35)(H,31,36)(H,32,37)/t18?,19-,20+,21?,23+,24+/m1/s1. The number of aliphatic hydroxyl groups is 1. The Labute approximate surface area is 240 Å². The maximum absolute atomic E-state index is 13.6. The fourth-order valence-electron chi connectivity index (χ4n) is 4.03. The van der Waals surface area contributed by atoms with Crippen LogP contribution in [-0.4, -0.2) is 77.1 Å². The van der Waals surface area contributed by atoms with E-state index in [9.17, 15) is 24.3 Å². The molecule has 234 valence electrons. The van der Waals surface area contributed by atoms with Gasteiger partial charge in [0.2, 0.25) is 11.8 Å². The molecule has 0 fully saturated rings. The molecule has 0 bridgehead atoms. The van der Waals surface area contributed by atoms with E-state index in [0.717, 1.165) is 0 Å². The minimum atomic E-state index is -1.17. The second-order valence-electron chi connectivity index (χ2n) is 12.8. The van der Waals surface area contributed by atoms with E-state index < -0.39 is 65.4 Å². The molecule has 2 unspecified atom stereocenters. The third-order valence-electron chi connectivity index (χ3n) is 5.96. The summed E-state index contributed by atoms with van der Waals surface area (Å²) in [6.07, 6.45) is -2.01. The number of ether oxygens (including phenoxy) is 3. The van der Waals surface area contributed by atoms with Crippen LogP contribution in [0.2, 0.25) is 0 Å². The lowest BCUT2D eigenvalue weighted by molar-refractivity contribution is -0.146. The van der Waals surface area contributed by atoms with Crippen molar-refractivity contribution < 1.29 is 38.5 Å². The molecular formula is C29H55N3O8. The number of nitrogens with one attached hydrogen (secondary N) is 3. The molecule has 0 aliphatic rings. The first-order valence-corrected chi connectivity index (χ1v) is 14.3. The van der Waals surface area contributed by atoms with Crippen molar-refractivity contribution in [1.29, 1.82) is 0 Å². The van der Waals surface area contributed by atoms with Gasteiger partial charge in [0.05, 0.1) is 36.9 Å². The Bertz CT molecular complexity index is 819. The van der Waals surface area contributed by atoms with Crippen LogP contribution in [0, 0.1) is 11.8 Å². The predicted octanol–water partition coefficient (Wildman–Crippen LogP) is 3.46. The van der Waals surface area contributed by atoms with Crippen molar-refractivity contribution >= 4 is 23.9 Å². The summed E-state index contributed by atoms with van der Waals surface area (Å²) in [5, 5.41) is 19.0. The van der Waals surface area contributed by atoms with Crippen molar-refractivity contribution in [1.82, 2.24) is 16.0 Å². The van der Waals surface area contributed by atoms with Crippen LogP contribution in [-0.2, 0) is 28.6 Å². The molecule has 0 saturated heterocycles. The van der Waals surface area contributed by atoms with Crippen LogP contribution >= 0.6 is 0 Å². The van der Waals surface area contributed by atoms with E-state index in [-0.39, 0.29) is 24.9 Å². The molecule has 0 radical (unpaired) electrons. The Morgan fingerprint density at radius 1 is 0.800 bits per heavy atom. The number of carbonyl (C=O) groups excluding carboxylic acids is 4. The van der Waals surface area contributed by atoms with Crippen LogP contribution < -0.4 is 16.0 Å². The highest BCUT2D eigenvalue weighted by atomic mass is 16.6. The average Bonchev–Trinajstić information content (AvgIpc) is 2.77. The zero-order chi connectivity index (χ0) is 31.4. The van der Waals surface area contributed by atoms with Crippen molar-refractivity contribution in [2.75, 3.05) is 6.61 Å². The number of rotatable bonds is 15. The van der Waals surface area contributed by atoms with Gasteiger partial charge in [-0.3, -0.25) is 14.4 Å². The summed E-state index contributed by atoms with van der Waals surface area (Å²) in [5.74, 6) is -1.86. The molecule has 0 aromatic rings. The first kappa shape index (κ1) is 37.6. The molecule has 11 nitrogen and oxygen atoms in total. The first-order chi connectivity index (χ1) is 18.2. The highest BCUT2D eigenvalue weighted by Gasteiger charge is 2.36. The van der Waals surface area contributed by atoms with E-state index in [1.165, 1.54) is 0 Å². The van der Waals surface area contributed by atoms with E-state index in [0.29, 0.717) is 12.8 Å². The fraction of sp³-hybridized carbons (Fsp3) is 0.862. The van der Waals surface area contributed by atoms with Crippen LogP contribution in [0.25, 0.3) is 0 Å². The number of hydrogen-bond acceptors (Lipinski definition) is 8. The largest absolute Gasteiger partial charge is 0.466 e. The fourth-order valence-corrected chi connectivity index (χ4v) is 4.03. The van der Waals surface area contributed by atoms with Gasteiger partial charge in [-0.1, -0.05) is 34.1 Å². The number of aliphatic hydroxyl groups excluding tert-OH is 1. The summed E-state index contributed by atoms with van der Waals surface area (Å²) >= 11 is 0.